The van der Waals surface area contributed by atoms with Gasteiger partial charge < -0.3 is 15.4 Å². The summed E-state index contributed by atoms with van der Waals surface area (Å²) >= 11 is 0. The number of hydrogen-bond donors (Lipinski definition) is 1. The Hall–Kier alpha value is -2.17. The van der Waals surface area contributed by atoms with Crippen molar-refractivity contribution < 1.29 is 4.74 Å². The lowest BCUT2D eigenvalue weighted by atomic mass is 10.2. The molecule has 2 rings (SSSR count). The van der Waals surface area contributed by atoms with E-state index in [1.165, 1.54) is 0 Å². The third-order valence-corrected chi connectivity index (χ3v) is 2.77. The van der Waals surface area contributed by atoms with Crippen LogP contribution in [0, 0.1) is 0 Å². The van der Waals surface area contributed by atoms with Crippen LogP contribution >= 0.6 is 0 Å². The molecular weight excluding hydrogens is 228 g/mol. The third kappa shape index (κ3) is 2.74. The number of nitrogens with zero attached hydrogens (tertiary/aromatic N) is 3. The van der Waals surface area contributed by atoms with Crippen LogP contribution in [-0.4, -0.2) is 23.9 Å². The molecule has 5 heteroatoms. The van der Waals surface area contributed by atoms with Crippen molar-refractivity contribution in [1.82, 2.24) is 9.78 Å². The second kappa shape index (κ2) is 5.00. The van der Waals surface area contributed by atoms with Gasteiger partial charge in [0.25, 0.3) is 0 Å². The smallest absolute Gasteiger partial charge is 0.122 e. The number of benzene rings is 1. The van der Waals surface area contributed by atoms with Crippen molar-refractivity contribution >= 4 is 11.4 Å². The zero-order valence-electron chi connectivity index (χ0n) is 10.9. The number of anilines is 2. The number of nitrogen functional groups attached to an aromatic ring is 1. The van der Waals surface area contributed by atoms with Gasteiger partial charge in [-0.05, 0) is 6.07 Å². The molecule has 0 amide bonds. The highest BCUT2D eigenvalue weighted by molar-refractivity contribution is 5.60. The summed E-state index contributed by atoms with van der Waals surface area (Å²) in [6.45, 7) is 0.778. The molecule has 0 fully saturated rings. The number of methoxy groups -OCH3 is 1. The molecule has 96 valence electrons. The minimum absolute atomic E-state index is 0.697. The summed E-state index contributed by atoms with van der Waals surface area (Å²) in [4.78, 5) is 2.11. The van der Waals surface area contributed by atoms with E-state index in [9.17, 15) is 0 Å². The Balaban J connectivity index is 2.17. The van der Waals surface area contributed by atoms with Crippen LogP contribution in [0.25, 0.3) is 0 Å². The third-order valence-electron chi connectivity index (χ3n) is 2.77. The molecule has 0 saturated heterocycles. The topological polar surface area (TPSA) is 56.3 Å². The van der Waals surface area contributed by atoms with Crippen LogP contribution in [0.1, 0.15) is 5.56 Å². The van der Waals surface area contributed by atoms with E-state index in [4.69, 9.17) is 10.5 Å². The van der Waals surface area contributed by atoms with Crippen molar-refractivity contribution in [2.45, 2.75) is 6.54 Å². The Bertz CT molecular complexity index is 536. The van der Waals surface area contributed by atoms with Gasteiger partial charge in [-0.2, -0.15) is 5.10 Å². The molecule has 2 aromatic rings. The maximum absolute atomic E-state index is 5.85. The fraction of sp³-hybridized carbons (Fsp3) is 0.308. The van der Waals surface area contributed by atoms with Gasteiger partial charge in [0.1, 0.15) is 5.75 Å². The minimum Gasteiger partial charge on any atom is -0.497 e. The molecule has 0 aliphatic rings. The van der Waals surface area contributed by atoms with Gasteiger partial charge in [0.05, 0.1) is 13.3 Å². The lowest BCUT2D eigenvalue weighted by Crippen LogP contribution is -2.16. The SMILES string of the molecule is COc1cc(N)cc(N(C)Cc2cnn(C)c2)c1. The van der Waals surface area contributed by atoms with Gasteiger partial charge in [-0.25, -0.2) is 0 Å². The first-order valence-corrected chi connectivity index (χ1v) is 5.71. The first-order chi connectivity index (χ1) is 8.58. The molecule has 0 bridgehead atoms. The summed E-state index contributed by atoms with van der Waals surface area (Å²) < 4.78 is 7.01. The highest BCUT2D eigenvalue weighted by Gasteiger charge is 2.06. The fourth-order valence-corrected chi connectivity index (χ4v) is 1.86. The molecule has 1 aromatic carbocycles. The molecule has 0 spiro atoms. The average Bonchev–Trinajstić information content (AvgIpc) is 2.73. The summed E-state index contributed by atoms with van der Waals surface area (Å²) in [5.41, 5.74) is 8.72. The molecule has 0 aliphatic heterocycles. The summed E-state index contributed by atoms with van der Waals surface area (Å²) in [5, 5.41) is 4.16. The molecule has 0 aliphatic carbocycles. The maximum Gasteiger partial charge on any atom is 0.122 e. The van der Waals surface area contributed by atoms with E-state index >= 15 is 0 Å². The zero-order valence-corrected chi connectivity index (χ0v) is 10.9. The number of nitrogens with two attached hydrogens (primary N) is 1. The first-order valence-electron chi connectivity index (χ1n) is 5.71. The average molecular weight is 246 g/mol. The molecule has 5 nitrogen and oxygen atoms in total. The molecule has 0 saturated carbocycles. The predicted molar refractivity (Wildman–Crippen MR) is 72.7 cm³/mol. The van der Waals surface area contributed by atoms with Gasteiger partial charge >= 0.3 is 0 Å². The van der Waals surface area contributed by atoms with Crippen LogP contribution in [-0.2, 0) is 13.6 Å². The van der Waals surface area contributed by atoms with Crippen molar-refractivity contribution in [3.63, 3.8) is 0 Å². The van der Waals surface area contributed by atoms with Gasteiger partial charge in [0.2, 0.25) is 0 Å². The molecule has 0 unspecified atom stereocenters. The van der Waals surface area contributed by atoms with Crippen molar-refractivity contribution in [2.24, 2.45) is 7.05 Å². The Kier molecular flexibility index (Phi) is 3.41. The summed E-state index contributed by atoms with van der Waals surface area (Å²) in [7, 11) is 5.56. The second-order valence-electron chi connectivity index (χ2n) is 4.34. The summed E-state index contributed by atoms with van der Waals surface area (Å²) in [6.07, 6.45) is 3.86. The Labute approximate surface area is 107 Å². The molecule has 1 aromatic heterocycles. The lowest BCUT2D eigenvalue weighted by Gasteiger charge is -2.19. The Morgan fingerprint density at radius 1 is 1.39 bits per heavy atom. The van der Waals surface area contributed by atoms with E-state index in [0.717, 1.165) is 23.5 Å². The minimum atomic E-state index is 0.697. The molecular formula is C13H18N4O. The van der Waals surface area contributed by atoms with Crippen LogP contribution in [0.15, 0.2) is 30.6 Å². The second-order valence-corrected chi connectivity index (χ2v) is 4.34. The highest BCUT2D eigenvalue weighted by atomic mass is 16.5. The van der Waals surface area contributed by atoms with E-state index < -0.39 is 0 Å². The van der Waals surface area contributed by atoms with Gasteiger partial charge in [-0.1, -0.05) is 0 Å². The first kappa shape index (κ1) is 12.3. The summed E-state index contributed by atoms with van der Waals surface area (Å²) in [5.74, 6) is 0.767. The highest BCUT2D eigenvalue weighted by Crippen LogP contribution is 2.25. The number of rotatable bonds is 4. The predicted octanol–water partition coefficient (Wildman–Crippen LogP) is 1.65. The number of aryl methyl sites for hydroxylation is 1. The Morgan fingerprint density at radius 3 is 2.78 bits per heavy atom. The number of aromatic nitrogens is 2. The monoisotopic (exact) mass is 246 g/mol. The van der Waals surface area contributed by atoms with E-state index in [-0.39, 0.29) is 0 Å². The summed E-state index contributed by atoms with van der Waals surface area (Å²) in [6, 6.07) is 5.70. The normalized spacial score (nSPS) is 10.4. The van der Waals surface area contributed by atoms with Crippen molar-refractivity contribution in [3.8, 4) is 5.75 Å². The van der Waals surface area contributed by atoms with Crippen molar-refractivity contribution in [3.05, 3.63) is 36.2 Å². The quantitative estimate of drug-likeness (QED) is 0.833. The van der Waals surface area contributed by atoms with Gasteiger partial charge in [0.15, 0.2) is 0 Å². The van der Waals surface area contributed by atoms with Crippen LogP contribution in [0.4, 0.5) is 11.4 Å². The zero-order chi connectivity index (χ0) is 13.1. The van der Waals surface area contributed by atoms with Gasteiger partial charge in [-0.15, -0.1) is 0 Å². The number of ether oxygens (including phenoxy) is 1. The maximum atomic E-state index is 5.85. The molecule has 2 N–H and O–H groups in total. The van der Waals surface area contributed by atoms with E-state index in [1.54, 1.807) is 17.9 Å². The van der Waals surface area contributed by atoms with Crippen LogP contribution < -0.4 is 15.4 Å². The van der Waals surface area contributed by atoms with E-state index in [0.29, 0.717) is 5.69 Å². The standard InChI is InChI=1S/C13H18N4O/c1-16(8-10-7-15-17(2)9-10)12-4-11(14)5-13(6-12)18-3/h4-7,9H,8,14H2,1-3H3. The van der Waals surface area contributed by atoms with Gasteiger partial charge in [-0.3, -0.25) is 4.68 Å². The molecule has 0 radical (unpaired) electrons. The van der Waals surface area contributed by atoms with Crippen LogP contribution in [0.2, 0.25) is 0 Å². The molecule has 0 atom stereocenters. The fourth-order valence-electron chi connectivity index (χ4n) is 1.86. The Morgan fingerprint density at radius 2 is 2.17 bits per heavy atom. The van der Waals surface area contributed by atoms with E-state index in [1.807, 2.05) is 38.6 Å². The lowest BCUT2D eigenvalue weighted by molar-refractivity contribution is 0.415. The number of hydrogen-bond acceptors (Lipinski definition) is 4. The van der Waals surface area contributed by atoms with Crippen LogP contribution in [0.5, 0.6) is 5.75 Å². The van der Waals surface area contributed by atoms with Crippen molar-refractivity contribution in [2.75, 3.05) is 24.8 Å². The van der Waals surface area contributed by atoms with Gasteiger partial charge in [0, 0.05) is 55.9 Å². The van der Waals surface area contributed by atoms with Crippen molar-refractivity contribution in [1.29, 1.82) is 0 Å². The van der Waals surface area contributed by atoms with Crippen LogP contribution in [0.3, 0.4) is 0 Å². The molecule has 1 heterocycles. The van der Waals surface area contributed by atoms with E-state index in [2.05, 4.69) is 10.00 Å². The largest absolute Gasteiger partial charge is 0.497 e. The molecule has 18 heavy (non-hydrogen) atoms.